The van der Waals surface area contributed by atoms with Gasteiger partial charge in [0.1, 0.15) is 5.82 Å². The number of carbonyl (C=O) groups is 1. The van der Waals surface area contributed by atoms with Gasteiger partial charge in [0.05, 0.1) is 0 Å². The van der Waals surface area contributed by atoms with Gasteiger partial charge in [0, 0.05) is 44.0 Å². The highest BCUT2D eigenvalue weighted by Gasteiger charge is 2.26. The highest BCUT2D eigenvalue weighted by molar-refractivity contribution is 5.74. The molecule has 1 N–H and O–H groups in total. The van der Waals surface area contributed by atoms with Crippen LogP contribution in [0.4, 0.5) is 4.79 Å². The molecule has 1 aromatic heterocycles. The molecule has 1 aliphatic rings. The molecule has 0 spiro atoms. The highest BCUT2D eigenvalue weighted by Crippen LogP contribution is 2.28. The lowest BCUT2D eigenvalue weighted by molar-refractivity contribution is 0.179. The molecular weight excluding hydrogens is 300 g/mol. The second-order valence-corrected chi connectivity index (χ2v) is 6.69. The first-order valence-electron chi connectivity index (χ1n) is 8.74. The first-order chi connectivity index (χ1) is 11.6. The number of nitrogens with zero attached hydrogens (tertiary/aromatic N) is 3. The van der Waals surface area contributed by atoms with E-state index in [9.17, 15) is 4.79 Å². The van der Waals surface area contributed by atoms with Crippen LogP contribution in [0.2, 0.25) is 0 Å². The van der Waals surface area contributed by atoms with Crippen LogP contribution < -0.4 is 5.32 Å². The summed E-state index contributed by atoms with van der Waals surface area (Å²) in [6, 6.07) is 10.5. The van der Waals surface area contributed by atoms with Gasteiger partial charge in [-0.2, -0.15) is 0 Å². The number of benzene rings is 1. The Labute approximate surface area is 143 Å². The van der Waals surface area contributed by atoms with Gasteiger partial charge in [-0.25, -0.2) is 9.78 Å². The van der Waals surface area contributed by atoms with E-state index in [1.165, 1.54) is 0 Å². The number of nitrogens with one attached hydrogen (secondary N) is 1. The standard InChI is InChI=1S/C19H26N4O/c1-15(2)23-13-10-20-18(23)17-8-11-22(12-9-17)19(24)21-14-16-6-4-3-5-7-16/h3-7,10,13,15,17H,8-9,11-12,14H2,1-2H3,(H,21,24). The average Bonchev–Trinajstić information content (AvgIpc) is 3.11. The van der Waals surface area contributed by atoms with Crippen molar-refractivity contribution in [2.24, 2.45) is 0 Å². The fourth-order valence-electron chi connectivity index (χ4n) is 3.30. The van der Waals surface area contributed by atoms with Crippen LogP contribution in [-0.2, 0) is 6.54 Å². The molecule has 1 aromatic carbocycles. The van der Waals surface area contributed by atoms with Crippen molar-refractivity contribution in [3.8, 4) is 0 Å². The largest absolute Gasteiger partial charge is 0.334 e. The molecule has 1 saturated heterocycles. The maximum Gasteiger partial charge on any atom is 0.317 e. The molecule has 5 heteroatoms. The van der Waals surface area contributed by atoms with Gasteiger partial charge < -0.3 is 14.8 Å². The zero-order valence-electron chi connectivity index (χ0n) is 14.5. The lowest BCUT2D eigenvalue weighted by Crippen LogP contribution is -2.44. The van der Waals surface area contributed by atoms with E-state index in [-0.39, 0.29) is 6.03 Å². The maximum atomic E-state index is 12.3. The smallest absolute Gasteiger partial charge is 0.317 e. The van der Waals surface area contributed by atoms with E-state index in [1.807, 2.05) is 41.4 Å². The Balaban J connectivity index is 1.51. The van der Waals surface area contributed by atoms with Gasteiger partial charge in [0.15, 0.2) is 0 Å². The topological polar surface area (TPSA) is 50.2 Å². The van der Waals surface area contributed by atoms with Gasteiger partial charge in [-0.15, -0.1) is 0 Å². The van der Waals surface area contributed by atoms with Crippen molar-refractivity contribution >= 4 is 6.03 Å². The van der Waals surface area contributed by atoms with Gasteiger partial charge in [-0.05, 0) is 32.3 Å². The van der Waals surface area contributed by atoms with Gasteiger partial charge in [-0.3, -0.25) is 0 Å². The van der Waals surface area contributed by atoms with Gasteiger partial charge in [0.25, 0.3) is 0 Å². The van der Waals surface area contributed by atoms with Crippen molar-refractivity contribution in [3.05, 3.63) is 54.1 Å². The molecule has 1 fully saturated rings. The molecule has 128 valence electrons. The summed E-state index contributed by atoms with van der Waals surface area (Å²) >= 11 is 0. The summed E-state index contributed by atoms with van der Waals surface area (Å²) in [5.74, 6) is 1.61. The van der Waals surface area contributed by atoms with Crippen LogP contribution in [0.5, 0.6) is 0 Å². The Kier molecular flexibility index (Phi) is 5.18. The third-order valence-electron chi connectivity index (χ3n) is 4.69. The van der Waals surface area contributed by atoms with Crippen molar-refractivity contribution < 1.29 is 4.79 Å². The molecule has 0 saturated carbocycles. The molecule has 2 heterocycles. The van der Waals surface area contributed by atoms with Crippen LogP contribution in [-0.4, -0.2) is 33.6 Å². The fraction of sp³-hybridized carbons (Fsp3) is 0.474. The predicted molar refractivity (Wildman–Crippen MR) is 94.8 cm³/mol. The minimum Gasteiger partial charge on any atom is -0.334 e. The molecule has 0 aliphatic carbocycles. The van der Waals surface area contributed by atoms with Crippen LogP contribution >= 0.6 is 0 Å². The van der Waals surface area contributed by atoms with Crippen molar-refractivity contribution in [1.29, 1.82) is 0 Å². The number of imidazole rings is 1. The second kappa shape index (κ2) is 7.51. The first-order valence-corrected chi connectivity index (χ1v) is 8.74. The molecule has 0 unspecified atom stereocenters. The number of amides is 2. The van der Waals surface area contributed by atoms with Crippen molar-refractivity contribution in [1.82, 2.24) is 19.8 Å². The summed E-state index contributed by atoms with van der Waals surface area (Å²) in [6.45, 7) is 6.51. The number of hydrogen-bond donors (Lipinski definition) is 1. The molecule has 2 aromatic rings. The number of rotatable bonds is 4. The Hall–Kier alpha value is -2.30. The molecule has 0 bridgehead atoms. The molecule has 1 aliphatic heterocycles. The summed E-state index contributed by atoms with van der Waals surface area (Å²) in [5.41, 5.74) is 1.12. The quantitative estimate of drug-likeness (QED) is 0.934. The van der Waals surface area contributed by atoms with Crippen molar-refractivity contribution in [3.63, 3.8) is 0 Å². The summed E-state index contributed by atoms with van der Waals surface area (Å²) < 4.78 is 2.25. The van der Waals surface area contributed by atoms with E-state index >= 15 is 0 Å². The molecular formula is C19H26N4O. The second-order valence-electron chi connectivity index (χ2n) is 6.69. The lowest BCUT2D eigenvalue weighted by Gasteiger charge is -2.32. The van der Waals surface area contributed by atoms with E-state index in [2.05, 4.69) is 34.9 Å². The fourth-order valence-corrected chi connectivity index (χ4v) is 3.30. The Bertz CT molecular complexity index is 657. The molecule has 0 atom stereocenters. The number of carbonyl (C=O) groups excluding carboxylic acids is 1. The SMILES string of the molecule is CC(C)n1ccnc1C1CCN(C(=O)NCc2ccccc2)CC1. The molecule has 0 radical (unpaired) electrons. The minimum absolute atomic E-state index is 0.0319. The molecule has 3 rings (SSSR count). The van der Waals surface area contributed by atoms with Crippen LogP contribution in [0, 0.1) is 0 Å². The summed E-state index contributed by atoms with van der Waals surface area (Å²) in [6.07, 6.45) is 5.89. The number of likely N-dealkylation sites (tertiary alicyclic amines) is 1. The predicted octanol–water partition coefficient (Wildman–Crippen LogP) is 3.55. The summed E-state index contributed by atoms with van der Waals surface area (Å²) in [7, 11) is 0. The van der Waals surface area contributed by atoms with Gasteiger partial charge in [0.2, 0.25) is 0 Å². The average molecular weight is 326 g/mol. The van der Waals surface area contributed by atoms with Crippen molar-refractivity contribution in [2.45, 2.75) is 45.2 Å². The number of aromatic nitrogens is 2. The Morgan fingerprint density at radius 3 is 2.62 bits per heavy atom. The first kappa shape index (κ1) is 16.6. The normalized spacial score (nSPS) is 15.7. The molecule has 5 nitrogen and oxygen atoms in total. The number of piperidine rings is 1. The monoisotopic (exact) mass is 326 g/mol. The van der Waals surface area contributed by atoms with E-state index < -0.39 is 0 Å². The number of urea groups is 1. The minimum atomic E-state index is 0.0319. The molecule has 24 heavy (non-hydrogen) atoms. The Morgan fingerprint density at radius 2 is 1.96 bits per heavy atom. The third kappa shape index (κ3) is 3.78. The maximum absolute atomic E-state index is 12.3. The summed E-state index contributed by atoms with van der Waals surface area (Å²) in [5, 5.41) is 3.01. The van der Waals surface area contributed by atoms with E-state index in [0.717, 1.165) is 37.3 Å². The zero-order valence-corrected chi connectivity index (χ0v) is 14.5. The Morgan fingerprint density at radius 1 is 1.25 bits per heavy atom. The van der Waals surface area contributed by atoms with E-state index in [0.29, 0.717) is 18.5 Å². The van der Waals surface area contributed by atoms with Crippen LogP contribution in [0.3, 0.4) is 0 Å². The molecule has 2 amide bonds. The highest BCUT2D eigenvalue weighted by atomic mass is 16.2. The van der Waals surface area contributed by atoms with Crippen molar-refractivity contribution in [2.75, 3.05) is 13.1 Å². The van der Waals surface area contributed by atoms with Crippen LogP contribution in [0.25, 0.3) is 0 Å². The van der Waals surface area contributed by atoms with Gasteiger partial charge in [-0.1, -0.05) is 30.3 Å². The van der Waals surface area contributed by atoms with Gasteiger partial charge >= 0.3 is 6.03 Å². The number of hydrogen-bond acceptors (Lipinski definition) is 2. The summed E-state index contributed by atoms with van der Waals surface area (Å²) in [4.78, 5) is 18.8. The van der Waals surface area contributed by atoms with Crippen LogP contribution in [0.1, 0.15) is 50.0 Å². The van der Waals surface area contributed by atoms with E-state index in [1.54, 1.807) is 0 Å². The van der Waals surface area contributed by atoms with Crippen LogP contribution in [0.15, 0.2) is 42.7 Å². The lowest BCUT2D eigenvalue weighted by atomic mass is 9.96. The third-order valence-corrected chi connectivity index (χ3v) is 4.69. The zero-order chi connectivity index (χ0) is 16.9. The van der Waals surface area contributed by atoms with E-state index in [4.69, 9.17) is 0 Å².